The van der Waals surface area contributed by atoms with Crippen LogP contribution in [-0.4, -0.2) is 20.7 Å². The molecule has 3 rings (SSSR count). The minimum absolute atomic E-state index is 0.107. The minimum atomic E-state index is -0.107. The van der Waals surface area contributed by atoms with Gasteiger partial charge in [0, 0.05) is 26.0 Å². The fourth-order valence-corrected chi connectivity index (χ4v) is 2.34. The molecule has 1 amide bonds. The predicted molar refractivity (Wildman–Crippen MR) is 75.3 cm³/mol. The second kappa shape index (κ2) is 5.07. The summed E-state index contributed by atoms with van der Waals surface area (Å²) in [7, 11) is 1.77. The van der Waals surface area contributed by atoms with E-state index in [2.05, 4.69) is 21.5 Å². The number of nitrogens with zero attached hydrogens (tertiary/aromatic N) is 3. The zero-order chi connectivity index (χ0) is 14.1. The van der Waals surface area contributed by atoms with E-state index in [0.717, 1.165) is 11.3 Å². The van der Waals surface area contributed by atoms with E-state index in [4.69, 9.17) is 0 Å². The summed E-state index contributed by atoms with van der Waals surface area (Å²) in [5.41, 5.74) is 3.75. The van der Waals surface area contributed by atoms with Crippen LogP contribution in [0.2, 0.25) is 0 Å². The van der Waals surface area contributed by atoms with Gasteiger partial charge in [-0.05, 0) is 42.9 Å². The lowest BCUT2D eigenvalue weighted by Gasteiger charge is -2.06. The first-order valence-corrected chi connectivity index (χ1v) is 6.86. The Hall–Kier alpha value is -2.17. The summed E-state index contributed by atoms with van der Waals surface area (Å²) >= 11 is 0. The molecule has 20 heavy (non-hydrogen) atoms. The molecule has 1 aliphatic carbocycles. The van der Waals surface area contributed by atoms with E-state index in [-0.39, 0.29) is 5.91 Å². The van der Waals surface area contributed by atoms with Crippen LogP contribution < -0.4 is 5.32 Å². The Labute approximate surface area is 118 Å². The van der Waals surface area contributed by atoms with Crippen LogP contribution in [0.3, 0.4) is 0 Å². The predicted octanol–water partition coefficient (Wildman–Crippen LogP) is 1.93. The van der Waals surface area contributed by atoms with Gasteiger partial charge in [0.05, 0.1) is 5.69 Å². The average Bonchev–Trinajstić information content (AvgIpc) is 3.22. The lowest BCUT2D eigenvalue weighted by atomic mass is 10.1. The standard InChI is InChI=1S/C15H18N4O/c1-10-5-14(19(2)18-10)15(20)17-8-11-6-13(9-16-7-11)12-3-4-12/h5-7,9,12H,3-4,8H2,1-2H3,(H,17,20). The second-order valence-corrected chi connectivity index (χ2v) is 5.38. The van der Waals surface area contributed by atoms with Crippen molar-refractivity contribution < 1.29 is 4.79 Å². The smallest absolute Gasteiger partial charge is 0.269 e. The molecule has 2 heterocycles. The quantitative estimate of drug-likeness (QED) is 0.923. The lowest BCUT2D eigenvalue weighted by Crippen LogP contribution is -2.25. The number of aryl methyl sites for hydroxylation is 2. The Morgan fingerprint density at radius 1 is 1.40 bits per heavy atom. The lowest BCUT2D eigenvalue weighted by molar-refractivity contribution is 0.0941. The van der Waals surface area contributed by atoms with Gasteiger partial charge >= 0.3 is 0 Å². The molecule has 1 saturated carbocycles. The Kier molecular flexibility index (Phi) is 3.26. The molecule has 0 aliphatic heterocycles. The first-order valence-electron chi connectivity index (χ1n) is 6.86. The largest absolute Gasteiger partial charge is 0.347 e. The number of hydrogen-bond donors (Lipinski definition) is 1. The Bertz CT molecular complexity index is 643. The number of carbonyl (C=O) groups excluding carboxylic acids is 1. The third-order valence-corrected chi connectivity index (χ3v) is 3.55. The minimum Gasteiger partial charge on any atom is -0.347 e. The van der Waals surface area contributed by atoms with Gasteiger partial charge in [0.15, 0.2) is 0 Å². The van der Waals surface area contributed by atoms with Gasteiger partial charge < -0.3 is 5.32 Å². The molecule has 5 heteroatoms. The normalized spacial score (nSPS) is 14.3. The molecule has 0 aromatic carbocycles. The summed E-state index contributed by atoms with van der Waals surface area (Å²) in [6, 6.07) is 3.92. The number of nitrogens with one attached hydrogen (secondary N) is 1. The van der Waals surface area contributed by atoms with E-state index in [1.165, 1.54) is 18.4 Å². The number of hydrogen-bond acceptors (Lipinski definition) is 3. The third-order valence-electron chi connectivity index (χ3n) is 3.55. The third kappa shape index (κ3) is 2.71. The molecule has 0 radical (unpaired) electrons. The summed E-state index contributed by atoms with van der Waals surface area (Å²) in [6.45, 7) is 2.37. The van der Waals surface area contributed by atoms with Gasteiger partial charge in [-0.15, -0.1) is 0 Å². The van der Waals surface area contributed by atoms with Crippen molar-refractivity contribution in [1.82, 2.24) is 20.1 Å². The monoisotopic (exact) mass is 270 g/mol. The van der Waals surface area contributed by atoms with Crippen LogP contribution in [-0.2, 0) is 13.6 Å². The van der Waals surface area contributed by atoms with Crippen LogP contribution in [0, 0.1) is 6.92 Å². The first-order chi connectivity index (χ1) is 9.63. The molecular weight excluding hydrogens is 252 g/mol. The van der Waals surface area contributed by atoms with Crippen molar-refractivity contribution in [3.8, 4) is 0 Å². The van der Waals surface area contributed by atoms with E-state index in [9.17, 15) is 4.79 Å². The van der Waals surface area contributed by atoms with Crippen LogP contribution in [0.25, 0.3) is 0 Å². The van der Waals surface area contributed by atoms with Crippen LogP contribution in [0.5, 0.6) is 0 Å². The number of aromatic nitrogens is 3. The zero-order valence-electron chi connectivity index (χ0n) is 11.8. The van der Waals surface area contributed by atoms with Crippen molar-refractivity contribution in [1.29, 1.82) is 0 Å². The van der Waals surface area contributed by atoms with E-state index in [1.54, 1.807) is 24.0 Å². The van der Waals surface area contributed by atoms with Crippen molar-refractivity contribution in [2.24, 2.45) is 7.05 Å². The molecule has 1 aliphatic rings. The van der Waals surface area contributed by atoms with Gasteiger partial charge in [0.2, 0.25) is 0 Å². The van der Waals surface area contributed by atoms with E-state index in [0.29, 0.717) is 18.2 Å². The molecule has 2 aromatic heterocycles. The molecule has 0 atom stereocenters. The average molecular weight is 270 g/mol. The Morgan fingerprint density at radius 2 is 2.20 bits per heavy atom. The molecule has 104 valence electrons. The van der Waals surface area contributed by atoms with Crippen molar-refractivity contribution in [3.05, 3.63) is 47.0 Å². The summed E-state index contributed by atoms with van der Waals surface area (Å²) in [4.78, 5) is 16.3. The van der Waals surface area contributed by atoms with Crippen molar-refractivity contribution >= 4 is 5.91 Å². The Balaban J connectivity index is 1.65. The van der Waals surface area contributed by atoms with Crippen LogP contribution in [0.4, 0.5) is 0 Å². The maximum Gasteiger partial charge on any atom is 0.269 e. The molecule has 0 saturated heterocycles. The highest BCUT2D eigenvalue weighted by Crippen LogP contribution is 2.39. The zero-order valence-corrected chi connectivity index (χ0v) is 11.8. The summed E-state index contributed by atoms with van der Waals surface area (Å²) in [5.74, 6) is 0.572. The van der Waals surface area contributed by atoms with E-state index >= 15 is 0 Å². The van der Waals surface area contributed by atoms with Crippen LogP contribution >= 0.6 is 0 Å². The van der Waals surface area contributed by atoms with Gasteiger partial charge in [-0.2, -0.15) is 5.10 Å². The van der Waals surface area contributed by atoms with Gasteiger partial charge in [0.25, 0.3) is 5.91 Å². The molecule has 1 fully saturated rings. The van der Waals surface area contributed by atoms with E-state index < -0.39 is 0 Å². The number of amides is 1. The van der Waals surface area contributed by atoms with E-state index in [1.807, 2.05) is 13.1 Å². The summed E-state index contributed by atoms with van der Waals surface area (Å²) in [6.07, 6.45) is 6.24. The molecule has 1 N–H and O–H groups in total. The van der Waals surface area contributed by atoms with Gasteiger partial charge in [-0.3, -0.25) is 14.5 Å². The molecule has 0 bridgehead atoms. The fraction of sp³-hybridized carbons (Fsp3) is 0.400. The van der Waals surface area contributed by atoms with Crippen LogP contribution in [0.15, 0.2) is 24.5 Å². The van der Waals surface area contributed by atoms with Crippen LogP contribution in [0.1, 0.15) is 46.1 Å². The summed E-state index contributed by atoms with van der Waals surface area (Å²) in [5, 5.41) is 7.09. The first kappa shape index (κ1) is 12.8. The van der Waals surface area contributed by atoms with Gasteiger partial charge in [-0.25, -0.2) is 0 Å². The van der Waals surface area contributed by atoms with Crippen molar-refractivity contribution in [3.63, 3.8) is 0 Å². The highest BCUT2D eigenvalue weighted by molar-refractivity contribution is 5.92. The fourth-order valence-electron chi connectivity index (χ4n) is 2.34. The molecule has 5 nitrogen and oxygen atoms in total. The van der Waals surface area contributed by atoms with Crippen molar-refractivity contribution in [2.45, 2.75) is 32.2 Å². The molecular formula is C15H18N4O. The SMILES string of the molecule is Cc1cc(C(=O)NCc2cncc(C3CC3)c2)n(C)n1. The maximum atomic E-state index is 12.1. The number of rotatable bonds is 4. The van der Waals surface area contributed by atoms with Gasteiger partial charge in [-0.1, -0.05) is 6.07 Å². The highest BCUT2D eigenvalue weighted by Gasteiger charge is 2.23. The van der Waals surface area contributed by atoms with Gasteiger partial charge in [0.1, 0.15) is 5.69 Å². The summed E-state index contributed by atoms with van der Waals surface area (Å²) < 4.78 is 1.60. The number of carbonyl (C=O) groups is 1. The second-order valence-electron chi connectivity index (χ2n) is 5.38. The molecule has 2 aromatic rings. The topological polar surface area (TPSA) is 59.8 Å². The number of pyridine rings is 1. The molecule has 0 unspecified atom stereocenters. The maximum absolute atomic E-state index is 12.1. The Morgan fingerprint density at radius 3 is 2.85 bits per heavy atom. The van der Waals surface area contributed by atoms with Crippen molar-refractivity contribution in [2.75, 3.05) is 0 Å². The highest BCUT2D eigenvalue weighted by atomic mass is 16.2. The molecule has 0 spiro atoms.